The number of pyridine rings is 1. The molecule has 0 saturated carbocycles. The van der Waals surface area contributed by atoms with Gasteiger partial charge in [0.1, 0.15) is 0 Å². The number of alkyl halides is 2. The minimum absolute atomic E-state index is 0.399. The molecule has 0 saturated heterocycles. The van der Waals surface area contributed by atoms with Crippen molar-refractivity contribution in [2.45, 2.75) is 6.43 Å². The molecule has 1 rings (SSSR count). The topological polar surface area (TPSA) is 39.2 Å². The van der Waals surface area contributed by atoms with Crippen molar-refractivity contribution < 1.29 is 27.1 Å². The zero-order valence-corrected chi connectivity index (χ0v) is 7.43. The van der Waals surface area contributed by atoms with Gasteiger partial charge in [0.15, 0.2) is 0 Å². The van der Waals surface area contributed by atoms with E-state index in [1.165, 1.54) is 0 Å². The average Bonchev–Trinajstić information content (AvgIpc) is 2.14. The number of hydrogen-bond donors (Lipinski definition) is 0. The van der Waals surface area contributed by atoms with Crippen molar-refractivity contribution in [3.8, 4) is 0 Å². The van der Waals surface area contributed by atoms with Crippen LogP contribution in [-0.4, -0.2) is 18.1 Å². The van der Waals surface area contributed by atoms with E-state index in [4.69, 9.17) is 0 Å². The summed E-state index contributed by atoms with van der Waals surface area (Å²) in [5.41, 5.74) is -2.12. The van der Waals surface area contributed by atoms with Gasteiger partial charge in [0, 0.05) is 6.07 Å². The molecule has 7 heteroatoms. The minimum atomic E-state index is -3.27. The van der Waals surface area contributed by atoms with Crippen molar-refractivity contribution >= 4 is 5.97 Å². The second kappa shape index (κ2) is 4.24. The summed E-state index contributed by atoms with van der Waals surface area (Å²) in [5, 5.41) is 0. The van der Waals surface area contributed by atoms with Crippen molar-refractivity contribution in [1.82, 2.24) is 4.98 Å². The average molecular weight is 223 g/mol. The Morgan fingerprint density at radius 3 is 2.53 bits per heavy atom. The Morgan fingerprint density at radius 2 is 2.07 bits per heavy atom. The molecule has 0 bridgehead atoms. The minimum Gasteiger partial charge on any atom is -0.465 e. The number of nitrogens with zero attached hydrogens (tertiary/aromatic N) is 1. The Kier molecular flexibility index (Phi) is 3.23. The third-order valence-corrected chi connectivity index (χ3v) is 1.60. The van der Waals surface area contributed by atoms with Crippen molar-refractivity contribution in [3.63, 3.8) is 0 Å². The van der Waals surface area contributed by atoms with Gasteiger partial charge in [-0.05, 0) is 0 Å². The van der Waals surface area contributed by atoms with Crippen molar-refractivity contribution in [3.05, 3.63) is 29.1 Å². The molecule has 0 unspecified atom stereocenters. The van der Waals surface area contributed by atoms with E-state index in [1.54, 1.807) is 0 Å². The quantitative estimate of drug-likeness (QED) is 0.437. The molecule has 0 N–H and O–H groups in total. The van der Waals surface area contributed by atoms with E-state index >= 15 is 0 Å². The van der Waals surface area contributed by atoms with E-state index < -0.39 is 35.4 Å². The van der Waals surface area contributed by atoms with E-state index in [2.05, 4.69) is 9.72 Å². The zero-order chi connectivity index (χ0) is 11.6. The van der Waals surface area contributed by atoms with Crippen LogP contribution in [-0.2, 0) is 4.74 Å². The van der Waals surface area contributed by atoms with Gasteiger partial charge in [0.2, 0.25) is 11.9 Å². The van der Waals surface area contributed by atoms with Crippen LogP contribution in [0.5, 0.6) is 0 Å². The van der Waals surface area contributed by atoms with Crippen LogP contribution in [0.15, 0.2) is 6.07 Å². The molecule has 82 valence electrons. The fourth-order valence-corrected chi connectivity index (χ4v) is 0.981. The number of aromatic nitrogens is 1. The maximum Gasteiger partial charge on any atom is 0.338 e. The number of halogens is 4. The molecule has 1 aromatic rings. The molecular formula is C8H5F4NO2. The number of methoxy groups -OCH3 is 1. The highest BCUT2D eigenvalue weighted by Gasteiger charge is 2.25. The van der Waals surface area contributed by atoms with Crippen LogP contribution >= 0.6 is 0 Å². The van der Waals surface area contributed by atoms with E-state index in [9.17, 15) is 22.4 Å². The first-order valence-corrected chi connectivity index (χ1v) is 3.69. The molecule has 15 heavy (non-hydrogen) atoms. The lowest BCUT2D eigenvalue weighted by atomic mass is 10.1. The van der Waals surface area contributed by atoms with Gasteiger partial charge in [-0.1, -0.05) is 0 Å². The SMILES string of the molecule is COC(=O)c1cc(F)nc(F)c1C(F)F. The molecular weight excluding hydrogens is 218 g/mol. The van der Waals surface area contributed by atoms with Gasteiger partial charge in [-0.15, -0.1) is 0 Å². The summed E-state index contributed by atoms with van der Waals surface area (Å²) >= 11 is 0. The molecule has 1 aromatic heterocycles. The van der Waals surface area contributed by atoms with Crippen LogP contribution < -0.4 is 0 Å². The molecule has 0 aliphatic carbocycles. The number of esters is 1. The number of carbonyl (C=O) groups excluding carboxylic acids is 1. The van der Waals surface area contributed by atoms with Crippen molar-refractivity contribution in [1.29, 1.82) is 0 Å². The van der Waals surface area contributed by atoms with Crippen LogP contribution in [0.2, 0.25) is 0 Å². The van der Waals surface area contributed by atoms with Gasteiger partial charge >= 0.3 is 5.97 Å². The first kappa shape index (κ1) is 11.4. The lowest BCUT2D eigenvalue weighted by molar-refractivity contribution is 0.0585. The molecule has 0 aromatic carbocycles. The summed E-state index contributed by atoms with van der Waals surface area (Å²) in [5.74, 6) is -4.33. The zero-order valence-electron chi connectivity index (χ0n) is 7.43. The Bertz CT molecular complexity index is 394. The summed E-state index contributed by atoms with van der Waals surface area (Å²) in [6.45, 7) is 0. The fraction of sp³-hybridized carbons (Fsp3) is 0.250. The van der Waals surface area contributed by atoms with E-state index in [0.717, 1.165) is 7.11 Å². The van der Waals surface area contributed by atoms with E-state index in [-0.39, 0.29) is 0 Å². The monoisotopic (exact) mass is 223 g/mol. The van der Waals surface area contributed by atoms with Crippen molar-refractivity contribution in [2.75, 3.05) is 7.11 Å². The predicted molar refractivity (Wildman–Crippen MR) is 40.4 cm³/mol. The number of carbonyl (C=O) groups is 1. The van der Waals surface area contributed by atoms with E-state index in [0.29, 0.717) is 6.07 Å². The largest absolute Gasteiger partial charge is 0.465 e. The van der Waals surface area contributed by atoms with Crippen LogP contribution in [0.25, 0.3) is 0 Å². The third kappa shape index (κ3) is 2.23. The molecule has 0 radical (unpaired) electrons. The third-order valence-electron chi connectivity index (χ3n) is 1.60. The van der Waals surface area contributed by atoms with Gasteiger partial charge in [-0.3, -0.25) is 0 Å². The first-order chi connectivity index (χ1) is 6.97. The fourth-order valence-electron chi connectivity index (χ4n) is 0.981. The molecule has 0 atom stereocenters. The summed E-state index contributed by atoms with van der Waals surface area (Å²) < 4.78 is 54.1. The summed E-state index contributed by atoms with van der Waals surface area (Å²) in [4.78, 5) is 13.5. The lowest BCUT2D eigenvalue weighted by Crippen LogP contribution is -2.11. The maximum atomic E-state index is 12.8. The first-order valence-electron chi connectivity index (χ1n) is 3.69. The molecule has 0 spiro atoms. The summed E-state index contributed by atoms with van der Waals surface area (Å²) in [6, 6.07) is 0.399. The Hall–Kier alpha value is -1.66. The summed E-state index contributed by atoms with van der Waals surface area (Å²) in [6.07, 6.45) is -3.27. The molecule has 0 aliphatic rings. The number of hydrogen-bond acceptors (Lipinski definition) is 3. The second-order valence-electron chi connectivity index (χ2n) is 2.49. The van der Waals surface area contributed by atoms with Gasteiger partial charge in [-0.25, -0.2) is 13.6 Å². The molecule has 0 amide bonds. The summed E-state index contributed by atoms with van der Waals surface area (Å²) in [7, 11) is 0.911. The van der Waals surface area contributed by atoms with Crippen LogP contribution in [0.1, 0.15) is 22.3 Å². The lowest BCUT2D eigenvalue weighted by Gasteiger charge is -2.07. The number of ether oxygens (including phenoxy) is 1. The van der Waals surface area contributed by atoms with Gasteiger partial charge in [0.25, 0.3) is 6.43 Å². The Balaban J connectivity index is 3.40. The second-order valence-corrected chi connectivity index (χ2v) is 2.49. The molecule has 1 heterocycles. The highest BCUT2D eigenvalue weighted by molar-refractivity contribution is 5.91. The normalized spacial score (nSPS) is 10.5. The Morgan fingerprint density at radius 1 is 1.47 bits per heavy atom. The van der Waals surface area contributed by atoms with Crippen LogP contribution in [0.3, 0.4) is 0 Å². The van der Waals surface area contributed by atoms with Crippen molar-refractivity contribution in [2.24, 2.45) is 0 Å². The standard InChI is InChI=1S/C8H5F4NO2/c1-15-8(14)3-2-4(9)13-7(12)5(3)6(10)11/h2,6H,1H3. The maximum absolute atomic E-state index is 12.8. The Labute approximate surface area is 81.7 Å². The predicted octanol–water partition coefficient (Wildman–Crippen LogP) is 2.08. The van der Waals surface area contributed by atoms with Gasteiger partial charge in [-0.2, -0.15) is 13.8 Å². The number of rotatable bonds is 2. The molecule has 0 fully saturated rings. The van der Waals surface area contributed by atoms with E-state index in [1.807, 2.05) is 0 Å². The highest BCUT2D eigenvalue weighted by Crippen LogP contribution is 2.25. The highest BCUT2D eigenvalue weighted by atomic mass is 19.3. The van der Waals surface area contributed by atoms with Crippen LogP contribution in [0.4, 0.5) is 17.6 Å². The van der Waals surface area contributed by atoms with Gasteiger partial charge in [0.05, 0.1) is 18.2 Å². The smallest absolute Gasteiger partial charge is 0.338 e. The molecule has 3 nitrogen and oxygen atoms in total. The molecule has 0 aliphatic heterocycles. The van der Waals surface area contributed by atoms with Crippen LogP contribution in [0, 0.1) is 11.9 Å². The van der Waals surface area contributed by atoms with Gasteiger partial charge < -0.3 is 4.74 Å².